The number of nitrogens with one attached hydrogen (secondary N) is 1. The van der Waals surface area contributed by atoms with Crippen LogP contribution in [0.1, 0.15) is 36.4 Å². The molecule has 3 N–H and O–H groups in total. The average molecular weight is 474 g/mol. The van der Waals surface area contributed by atoms with Gasteiger partial charge in [-0.3, -0.25) is 14.3 Å². The molecule has 2 fully saturated rings. The zero-order valence-corrected chi connectivity index (χ0v) is 18.9. The van der Waals surface area contributed by atoms with E-state index in [0.29, 0.717) is 19.5 Å². The van der Waals surface area contributed by atoms with Gasteiger partial charge in [-0.05, 0) is 50.7 Å². The molecule has 180 valence electrons. The molecule has 2 heterocycles. The van der Waals surface area contributed by atoms with Crippen LogP contribution in [0, 0.1) is 30.3 Å². The average Bonchev–Trinajstić information content (AvgIpc) is 3.53. The lowest BCUT2D eigenvalue weighted by molar-refractivity contribution is 0.412. The Morgan fingerprint density at radius 1 is 1.15 bits per heavy atom. The van der Waals surface area contributed by atoms with Gasteiger partial charge in [0, 0.05) is 30.3 Å². The SMILES string of the molecule is COc1c(N2CCC(Cc3c(F)ccc(N)c3F)C2)c(F)c(C)c2c(=O)[nH]c(=O)n(C3CC3)c12. The highest BCUT2D eigenvalue weighted by atomic mass is 19.1. The summed E-state index contributed by atoms with van der Waals surface area (Å²) in [5.74, 6) is -2.08. The van der Waals surface area contributed by atoms with Crippen molar-refractivity contribution in [1.29, 1.82) is 0 Å². The van der Waals surface area contributed by atoms with Crippen molar-refractivity contribution in [1.82, 2.24) is 9.55 Å². The smallest absolute Gasteiger partial charge is 0.329 e. The number of anilines is 2. The third-order valence-electron chi connectivity index (χ3n) is 6.91. The number of benzene rings is 2. The van der Waals surface area contributed by atoms with Gasteiger partial charge < -0.3 is 15.4 Å². The largest absolute Gasteiger partial charge is 0.492 e. The van der Waals surface area contributed by atoms with E-state index in [9.17, 15) is 18.4 Å². The Hall–Kier alpha value is -3.43. The summed E-state index contributed by atoms with van der Waals surface area (Å²) in [4.78, 5) is 29.3. The molecular weight excluding hydrogens is 449 g/mol. The number of methoxy groups -OCH3 is 1. The van der Waals surface area contributed by atoms with Gasteiger partial charge in [0.2, 0.25) is 0 Å². The normalized spacial score (nSPS) is 18.1. The number of nitrogens with two attached hydrogens (primary N) is 1. The highest BCUT2D eigenvalue weighted by Crippen LogP contribution is 2.45. The number of aryl methyl sites for hydroxylation is 1. The minimum absolute atomic E-state index is 0.0805. The van der Waals surface area contributed by atoms with Crippen molar-refractivity contribution in [2.24, 2.45) is 5.92 Å². The quantitative estimate of drug-likeness (QED) is 0.553. The van der Waals surface area contributed by atoms with E-state index in [2.05, 4.69) is 4.98 Å². The van der Waals surface area contributed by atoms with E-state index in [1.54, 1.807) is 4.90 Å². The maximum atomic E-state index is 15.7. The number of nitrogen functional groups attached to an aromatic ring is 1. The summed E-state index contributed by atoms with van der Waals surface area (Å²) in [5, 5.41) is 0.0873. The van der Waals surface area contributed by atoms with Gasteiger partial charge in [-0.1, -0.05) is 0 Å². The number of H-pyrrole nitrogens is 1. The van der Waals surface area contributed by atoms with Crippen LogP contribution in [0.4, 0.5) is 24.5 Å². The van der Waals surface area contributed by atoms with Crippen LogP contribution in [-0.4, -0.2) is 29.8 Å². The molecule has 34 heavy (non-hydrogen) atoms. The zero-order chi connectivity index (χ0) is 24.3. The van der Waals surface area contributed by atoms with E-state index < -0.39 is 28.7 Å². The lowest BCUT2D eigenvalue weighted by Crippen LogP contribution is -2.32. The fourth-order valence-electron chi connectivity index (χ4n) is 5.07. The molecule has 2 aliphatic rings. The van der Waals surface area contributed by atoms with Crippen LogP contribution in [0.2, 0.25) is 0 Å². The molecule has 0 bridgehead atoms. The van der Waals surface area contributed by atoms with Gasteiger partial charge in [-0.25, -0.2) is 18.0 Å². The Bertz CT molecular complexity index is 1430. The molecule has 0 amide bonds. The molecule has 1 atom stereocenters. The Kier molecular flexibility index (Phi) is 5.33. The van der Waals surface area contributed by atoms with Crippen molar-refractivity contribution in [3.8, 4) is 5.75 Å². The van der Waals surface area contributed by atoms with Crippen LogP contribution in [0.5, 0.6) is 5.75 Å². The molecule has 1 unspecified atom stereocenters. The second kappa shape index (κ2) is 8.11. The molecule has 0 spiro atoms. The molecule has 2 aromatic carbocycles. The molecule has 1 aliphatic heterocycles. The summed E-state index contributed by atoms with van der Waals surface area (Å²) in [5.41, 5.74) is 4.75. The van der Waals surface area contributed by atoms with E-state index in [-0.39, 0.29) is 57.5 Å². The number of fused-ring (bicyclic) bond motifs is 1. The van der Waals surface area contributed by atoms with E-state index in [1.165, 1.54) is 24.7 Å². The predicted molar refractivity (Wildman–Crippen MR) is 123 cm³/mol. The van der Waals surface area contributed by atoms with Gasteiger partial charge in [0.15, 0.2) is 17.4 Å². The molecule has 1 aromatic heterocycles. The fraction of sp³-hybridized carbons (Fsp3) is 0.417. The van der Waals surface area contributed by atoms with E-state index in [1.807, 2.05) is 0 Å². The van der Waals surface area contributed by atoms with E-state index in [0.717, 1.165) is 18.9 Å². The molecule has 7 nitrogen and oxygen atoms in total. The first kappa shape index (κ1) is 22.4. The highest BCUT2D eigenvalue weighted by molar-refractivity contribution is 5.93. The third-order valence-corrected chi connectivity index (χ3v) is 6.91. The van der Waals surface area contributed by atoms with Gasteiger partial charge in [0.1, 0.15) is 17.0 Å². The highest BCUT2D eigenvalue weighted by Gasteiger charge is 2.35. The second-order valence-corrected chi connectivity index (χ2v) is 9.14. The Morgan fingerprint density at radius 2 is 1.88 bits per heavy atom. The summed E-state index contributed by atoms with van der Waals surface area (Å²) in [7, 11) is 1.38. The van der Waals surface area contributed by atoms with Crippen LogP contribution < -0.4 is 26.6 Å². The van der Waals surface area contributed by atoms with E-state index in [4.69, 9.17) is 10.5 Å². The van der Waals surface area contributed by atoms with Crippen molar-refractivity contribution in [2.75, 3.05) is 30.8 Å². The van der Waals surface area contributed by atoms with Crippen molar-refractivity contribution in [2.45, 2.75) is 38.6 Å². The van der Waals surface area contributed by atoms with Gasteiger partial charge in [0.05, 0.1) is 18.2 Å². The fourth-order valence-corrected chi connectivity index (χ4v) is 5.07. The van der Waals surface area contributed by atoms with Crippen LogP contribution in [0.25, 0.3) is 10.9 Å². The zero-order valence-electron chi connectivity index (χ0n) is 18.9. The molecule has 3 aromatic rings. The van der Waals surface area contributed by atoms with Crippen molar-refractivity contribution in [3.63, 3.8) is 0 Å². The lowest BCUT2D eigenvalue weighted by atomic mass is 9.97. The van der Waals surface area contributed by atoms with Crippen LogP contribution in [0.15, 0.2) is 21.7 Å². The van der Waals surface area contributed by atoms with Crippen LogP contribution in [-0.2, 0) is 6.42 Å². The van der Waals surface area contributed by atoms with Gasteiger partial charge in [0.25, 0.3) is 5.56 Å². The monoisotopic (exact) mass is 474 g/mol. The van der Waals surface area contributed by atoms with Gasteiger partial charge >= 0.3 is 5.69 Å². The number of rotatable bonds is 5. The Morgan fingerprint density at radius 3 is 2.56 bits per heavy atom. The summed E-state index contributed by atoms with van der Waals surface area (Å²) >= 11 is 0. The summed E-state index contributed by atoms with van der Waals surface area (Å²) < 4.78 is 51.5. The number of aromatic nitrogens is 2. The number of halogens is 3. The molecule has 0 radical (unpaired) electrons. The summed E-state index contributed by atoms with van der Waals surface area (Å²) in [6.07, 6.45) is 2.23. The summed E-state index contributed by atoms with van der Waals surface area (Å²) in [6.45, 7) is 2.25. The van der Waals surface area contributed by atoms with Crippen LogP contribution in [0.3, 0.4) is 0 Å². The number of hydrogen-bond acceptors (Lipinski definition) is 5. The molecule has 10 heteroatoms. The number of nitrogens with zero attached hydrogens (tertiary/aromatic N) is 2. The first-order chi connectivity index (χ1) is 16.2. The van der Waals surface area contributed by atoms with E-state index >= 15 is 4.39 Å². The lowest BCUT2D eigenvalue weighted by Gasteiger charge is -2.25. The standard InChI is InChI=1S/C24H25F3N4O3/c1-11-17-20(31(13-3-4-13)24(33)29-23(17)32)22(34-2)21(18(11)26)30-8-7-12(10-30)9-14-15(25)5-6-16(28)19(14)27/h5-6,12-13H,3-4,7-10,28H2,1-2H3,(H,29,32,33). The number of ether oxygens (including phenoxy) is 1. The molecule has 1 saturated carbocycles. The predicted octanol–water partition coefficient (Wildman–Crippen LogP) is 3.41. The minimum atomic E-state index is -0.767. The van der Waals surface area contributed by atoms with Crippen molar-refractivity contribution in [3.05, 3.63) is 61.5 Å². The second-order valence-electron chi connectivity index (χ2n) is 9.14. The minimum Gasteiger partial charge on any atom is -0.492 e. The molecule has 1 aliphatic carbocycles. The summed E-state index contributed by atoms with van der Waals surface area (Å²) in [6, 6.07) is 2.25. The molecular formula is C24H25F3N4O3. The van der Waals surface area contributed by atoms with Crippen molar-refractivity contribution < 1.29 is 17.9 Å². The van der Waals surface area contributed by atoms with Gasteiger partial charge in [-0.2, -0.15) is 0 Å². The first-order valence-corrected chi connectivity index (χ1v) is 11.2. The number of hydrogen-bond donors (Lipinski definition) is 2. The molecule has 5 rings (SSSR count). The van der Waals surface area contributed by atoms with Crippen molar-refractivity contribution >= 4 is 22.3 Å². The molecule has 1 saturated heterocycles. The van der Waals surface area contributed by atoms with Crippen LogP contribution >= 0.6 is 0 Å². The Balaban J connectivity index is 1.59. The maximum Gasteiger partial charge on any atom is 0.329 e. The topological polar surface area (TPSA) is 93.3 Å². The Labute approximate surface area is 192 Å². The number of aromatic amines is 1. The van der Waals surface area contributed by atoms with Gasteiger partial charge in [-0.15, -0.1) is 0 Å². The third kappa shape index (κ3) is 3.43. The first-order valence-electron chi connectivity index (χ1n) is 11.2. The maximum absolute atomic E-state index is 15.7.